The van der Waals surface area contributed by atoms with Crippen LogP contribution in [0.3, 0.4) is 0 Å². The van der Waals surface area contributed by atoms with Gasteiger partial charge in [-0.05, 0) is 44.0 Å². The molecule has 0 aliphatic carbocycles. The van der Waals surface area contributed by atoms with E-state index in [1.807, 2.05) is 31.2 Å². The summed E-state index contributed by atoms with van der Waals surface area (Å²) in [6.07, 6.45) is 0.567. The Morgan fingerprint density at radius 1 is 1.00 bits per heavy atom. The lowest BCUT2D eigenvalue weighted by Gasteiger charge is -2.07. The summed E-state index contributed by atoms with van der Waals surface area (Å²) in [6, 6.07) is 13.5. The van der Waals surface area contributed by atoms with Crippen molar-refractivity contribution in [3.63, 3.8) is 0 Å². The summed E-state index contributed by atoms with van der Waals surface area (Å²) in [4.78, 5) is 29.0. The molecule has 1 heterocycles. The van der Waals surface area contributed by atoms with Gasteiger partial charge in [0.05, 0.1) is 32.8 Å². The maximum absolute atomic E-state index is 12.4. The van der Waals surface area contributed by atoms with Gasteiger partial charge in [0.15, 0.2) is 11.5 Å². The van der Waals surface area contributed by atoms with Gasteiger partial charge in [-0.15, -0.1) is 0 Å². The SMILES string of the molecule is COc1ccc(-c2nc(CC(=O)CC(=O)NCCc3ccc(C)cc3)c(C)o2)cc1OC. The van der Waals surface area contributed by atoms with Crippen molar-refractivity contribution in [1.29, 1.82) is 0 Å². The maximum Gasteiger partial charge on any atom is 0.227 e. The highest BCUT2D eigenvalue weighted by molar-refractivity contribution is 5.98. The summed E-state index contributed by atoms with van der Waals surface area (Å²) in [5.74, 6) is 1.58. The lowest BCUT2D eigenvalue weighted by molar-refractivity contribution is -0.127. The molecule has 7 nitrogen and oxygen atoms in total. The van der Waals surface area contributed by atoms with Gasteiger partial charge in [-0.3, -0.25) is 9.59 Å². The number of carbonyl (C=O) groups is 2. The number of hydrogen-bond acceptors (Lipinski definition) is 6. The number of nitrogens with one attached hydrogen (secondary N) is 1. The normalized spacial score (nSPS) is 10.6. The fourth-order valence-corrected chi connectivity index (χ4v) is 3.28. The molecule has 0 saturated heterocycles. The number of rotatable bonds is 10. The predicted molar refractivity (Wildman–Crippen MR) is 121 cm³/mol. The monoisotopic (exact) mass is 436 g/mol. The molecule has 0 fully saturated rings. The topological polar surface area (TPSA) is 90.7 Å². The third kappa shape index (κ3) is 5.97. The molecule has 1 N–H and O–H groups in total. The second-order valence-electron chi connectivity index (χ2n) is 7.57. The largest absolute Gasteiger partial charge is 0.493 e. The fraction of sp³-hybridized carbons (Fsp3) is 0.320. The van der Waals surface area contributed by atoms with E-state index >= 15 is 0 Å². The molecule has 0 radical (unpaired) electrons. The van der Waals surface area contributed by atoms with Gasteiger partial charge in [0.25, 0.3) is 0 Å². The van der Waals surface area contributed by atoms with Crippen LogP contribution in [0.5, 0.6) is 11.5 Å². The van der Waals surface area contributed by atoms with Crippen LogP contribution in [-0.4, -0.2) is 37.4 Å². The molecule has 1 aromatic heterocycles. The van der Waals surface area contributed by atoms with Gasteiger partial charge in [0, 0.05) is 12.1 Å². The number of benzene rings is 2. The van der Waals surface area contributed by atoms with Crippen molar-refractivity contribution in [2.24, 2.45) is 0 Å². The lowest BCUT2D eigenvalue weighted by Crippen LogP contribution is -2.28. The van der Waals surface area contributed by atoms with E-state index in [9.17, 15) is 9.59 Å². The molecule has 0 atom stereocenters. The number of aryl methyl sites for hydroxylation is 2. The number of ketones is 1. The van der Waals surface area contributed by atoms with Crippen LogP contribution in [0, 0.1) is 13.8 Å². The van der Waals surface area contributed by atoms with Crippen LogP contribution in [0.25, 0.3) is 11.5 Å². The molecule has 0 aliphatic rings. The first-order chi connectivity index (χ1) is 15.4. The van der Waals surface area contributed by atoms with E-state index in [0.717, 1.165) is 12.0 Å². The summed E-state index contributed by atoms with van der Waals surface area (Å²) in [5.41, 5.74) is 3.56. The number of Topliss-reactive ketones (excluding diaryl/α,β-unsaturated/α-hetero) is 1. The van der Waals surface area contributed by atoms with Gasteiger partial charge < -0.3 is 19.2 Å². The number of hydrogen-bond donors (Lipinski definition) is 1. The first kappa shape index (κ1) is 23.1. The number of oxazole rings is 1. The van der Waals surface area contributed by atoms with Crippen molar-refractivity contribution >= 4 is 11.7 Å². The highest BCUT2D eigenvalue weighted by atomic mass is 16.5. The number of methoxy groups -OCH3 is 2. The summed E-state index contributed by atoms with van der Waals surface area (Å²) in [5, 5.41) is 2.80. The fourth-order valence-electron chi connectivity index (χ4n) is 3.28. The standard InChI is InChI=1S/C25H28N2O5/c1-16-5-7-18(8-6-16)11-12-26-24(29)15-20(28)14-21-17(2)32-25(27-21)19-9-10-22(30-3)23(13-19)31-4/h5-10,13H,11-12,14-15H2,1-4H3,(H,26,29). The van der Waals surface area contributed by atoms with Crippen molar-refractivity contribution in [3.8, 4) is 23.0 Å². The van der Waals surface area contributed by atoms with Crippen LogP contribution < -0.4 is 14.8 Å². The Morgan fingerprint density at radius 2 is 1.72 bits per heavy atom. The zero-order chi connectivity index (χ0) is 23.1. The molecule has 3 aromatic rings. The van der Waals surface area contributed by atoms with Crippen LogP contribution in [0.15, 0.2) is 46.9 Å². The lowest BCUT2D eigenvalue weighted by atomic mass is 10.1. The van der Waals surface area contributed by atoms with Crippen molar-refractivity contribution in [2.75, 3.05) is 20.8 Å². The van der Waals surface area contributed by atoms with E-state index in [0.29, 0.717) is 41.0 Å². The third-order valence-corrected chi connectivity index (χ3v) is 5.10. The Morgan fingerprint density at radius 3 is 2.41 bits per heavy atom. The Bertz CT molecular complexity index is 1090. The molecule has 32 heavy (non-hydrogen) atoms. The Hall–Kier alpha value is -3.61. The molecular weight excluding hydrogens is 408 g/mol. The van der Waals surface area contributed by atoms with Crippen molar-refractivity contribution < 1.29 is 23.5 Å². The first-order valence-corrected chi connectivity index (χ1v) is 10.4. The van der Waals surface area contributed by atoms with Gasteiger partial charge in [0.2, 0.25) is 11.8 Å². The van der Waals surface area contributed by atoms with Crippen molar-refractivity contribution in [3.05, 3.63) is 65.0 Å². The second-order valence-corrected chi connectivity index (χ2v) is 7.57. The van der Waals surface area contributed by atoms with Gasteiger partial charge in [-0.2, -0.15) is 0 Å². The Balaban J connectivity index is 1.54. The zero-order valence-corrected chi connectivity index (χ0v) is 18.9. The Kier molecular flexibility index (Phi) is 7.65. The summed E-state index contributed by atoms with van der Waals surface area (Å²) in [6.45, 7) is 4.27. The average molecular weight is 437 g/mol. The average Bonchev–Trinajstić information content (AvgIpc) is 3.14. The zero-order valence-electron chi connectivity index (χ0n) is 18.9. The smallest absolute Gasteiger partial charge is 0.227 e. The minimum Gasteiger partial charge on any atom is -0.493 e. The van der Waals surface area contributed by atoms with Crippen molar-refractivity contribution in [2.45, 2.75) is 33.1 Å². The second kappa shape index (κ2) is 10.6. The van der Waals surface area contributed by atoms with E-state index in [-0.39, 0.29) is 24.5 Å². The molecule has 0 spiro atoms. The van der Waals surface area contributed by atoms with Gasteiger partial charge in [0.1, 0.15) is 11.5 Å². The molecule has 0 saturated carbocycles. The van der Waals surface area contributed by atoms with Gasteiger partial charge in [-0.25, -0.2) is 4.98 Å². The third-order valence-electron chi connectivity index (χ3n) is 5.10. The van der Waals surface area contributed by atoms with Crippen LogP contribution in [0.2, 0.25) is 0 Å². The van der Waals surface area contributed by atoms with Crippen LogP contribution in [0.4, 0.5) is 0 Å². The molecule has 168 valence electrons. The van der Waals surface area contributed by atoms with Crippen LogP contribution >= 0.6 is 0 Å². The quantitative estimate of drug-likeness (QED) is 0.486. The summed E-state index contributed by atoms with van der Waals surface area (Å²) >= 11 is 0. The van der Waals surface area contributed by atoms with Crippen molar-refractivity contribution in [1.82, 2.24) is 10.3 Å². The minimum absolute atomic E-state index is 0.0357. The first-order valence-electron chi connectivity index (χ1n) is 10.4. The van der Waals surface area contributed by atoms with Crippen LogP contribution in [0.1, 0.15) is 29.0 Å². The Labute approximate surface area is 187 Å². The molecule has 0 aliphatic heterocycles. The number of ether oxygens (including phenoxy) is 2. The van der Waals surface area contributed by atoms with Gasteiger partial charge in [-0.1, -0.05) is 29.8 Å². The molecule has 0 bridgehead atoms. The van der Waals surface area contributed by atoms with E-state index in [4.69, 9.17) is 13.9 Å². The molecule has 1 amide bonds. The maximum atomic E-state index is 12.4. The molecule has 2 aromatic carbocycles. The number of nitrogens with zero attached hydrogens (tertiary/aromatic N) is 1. The van der Waals surface area contributed by atoms with E-state index in [1.54, 1.807) is 39.3 Å². The van der Waals surface area contributed by atoms with Crippen LogP contribution in [-0.2, 0) is 22.4 Å². The number of aromatic nitrogens is 1. The summed E-state index contributed by atoms with van der Waals surface area (Å²) < 4.78 is 16.3. The minimum atomic E-state index is -0.289. The van der Waals surface area contributed by atoms with E-state index in [2.05, 4.69) is 10.3 Å². The molecular formula is C25H28N2O5. The predicted octanol–water partition coefficient (Wildman–Crippen LogP) is 3.84. The number of carbonyl (C=O) groups excluding carboxylic acids is 2. The summed E-state index contributed by atoms with van der Waals surface area (Å²) in [7, 11) is 3.12. The van der Waals surface area contributed by atoms with Gasteiger partial charge >= 0.3 is 0 Å². The van der Waals surface area contributed by atoms with E-state index in [1.165, 1.54) is 5.56 Å². The van der Waals surface area contributed by atoms with E-state index < -0.39 is 0 Å². The number of amides is 1. The highest BCUT2D eigenvalue weighted by Crippen LogP contribution is 2.32. The highest BCUT2D eigenvalue weighted by Gasteiger charge is 2.18. The molecule has 0 unspecified atom stereocenters. The molecule has 7 heteroatoms. The molecule has 3 rings (SSSR count).